The van der Waals surface area contributed by atoms with E-state index in [4.69, 9.17) is 28.2 Å². The van der Waals surface area contributed by atoms with Crippen molar-refractivity contribution < 1.29 is 86.5 Å². The van der Waals surface area contributed by atoms with Gasteiger partial charge in [0.25, 0.3) is 17.9 Å². The molecular formula is C30H49BN3NaO12. The molecule has 0 aliphatic carbocycles. The van der Waals surface area contributed by atoms with E-state index in [-0.39, 0.29) is 68.5 Å². The van der Waals surface area contributed by atoms with Crippen LogP contribution in [0.25, 0.3) is 0 Å². The minimum absolute atomic E-state index is 0. The molecule has 0 radical (unpaired) electrons. The predicted octanol–water partition coefficient (Wildman–Crippen LogP) is 0.536. The summed E-state index contributed by atoms with van der Waals surface area (Å²) in [5.41, 5.74) is -2.43. The van der Waals surface area contributed by atoms with Gasteiger partial charge in [-0.25, -0.2) is 14.4 Å². The zero-order valence-corrected chi connectivity index (χ0v) is 31.5. The number of carbonyl (C=O) groups is 6. The molecule has 0 saturated carbocycles. The Morgan fingerprint density at radius 2 is 0.723 bits per heavy atom. The molecule has 3 heterocycles. The van der Waals surface area contributed by atoms with Crippen LogP contribution in [0, 0.1) is 0 Å². The largest absolute Gasteiger partial charge is 1.00 e. The van der Waals surface area contributed by atoms with Crippen molar-refractivity contribution in [1.29, 1.82) is 0 Å². The standard InChI is InChI=1S/C30H49BN3O12.Na/c1-28(2,3)41-25(38)32-16-10-13-19(32)22(35)44-31(45-23(36)20-14-11-17-33(20)26(39)42-29(4,5)6)46-24(37)21-15-12-18-34(21)27(40)43-30(7,8)9;/h19-21,31H,10-18H2,1-9H3;/q-1;+1/t19-,20-,21-;/m0./s1. The summed E-state index contributed by atoms with van der Waals surface area (Å²) >= 11 is 0. The first-order chi connectivity index (χ1) is 21.1. The van der Waals surface area contributed by atoms with E-state index in [9.17, 15) is 28.8 Å². The minimum atomic E-state index is -3.25. The number of carbonyl (C=O) groups excluding carboxylic acids is 6. The van der Waals surface area contributed by atoms with Crippen LogP contribution in [0.3, 0.4) is 0 Å². The number of hydrogen-bond acceptors (Lipinski definition) is 12. The summed E-state index contributed by atoms with van der Waals surface area (Å²) in [6.07, 6.45) is 0.0408. The molecule has 3 aliphatic rings. The van der Waals surface area contributed by atoms with E-state index in [1.165, 1.54) is 14.7 Å². The Morgan fingerprint density at radius 1 is 0.489 bits per heavy atom. The van der Waals surface area contributed by atoms with Gasteiger partial charge < -0.3 is 28.2 Å². The van der Waals surface area contributed by atoms with Crippen molar-refractivity contribution in [3.05, 3.63) is 0 Å². The summed E-state index contributed by atoms with van der Waals surface area (Å²) < 4.78 is 32.8. The summed E-state index contributed by atoms with van der Waals surface area (Å²) in [7, 11) is -3.25. The van der Waals surface area contributed by atoms with E-state index in [1.807, 2.05) is 0 Å². The molecule has 260 valence electrons. The number of ether oxygens (including phenoxy) is 3. The van der Waals surface area contributed by atoms with E-state index in [0.29, 0.717) is 19.3 Å². The monoisotopic (exact) mass is 677 g/mol. The molecule has 3 saturated heterocycles. The van der Waals surface area contributed by atoms with E-state index >= 15 is 0 Å². The molecule has 15 nitrogen and oxygen atoms in total. The first-order valence-corrected chi connectivity index (χ1v) is 15.9. The van der Waals surface area contributed by atoms with Crippen molar-refractivity contribution in [1.82, 2.24) is 14.7 Å². The van der Waals surface area contributed by atoms with E-state index < -0.39 is 78.4 Å². The van der Waals surface area contributed by atoms with Gasteiger partial charge in [0.15, 0.2) is 0 Å². The molecule has 3 rings (SSSR count). The maximum Gasteiger partial charge on any atom is 1.00 e. The fraction of sp³-hybridized carbons (Fsp3) is 0.800. The molecule has 3 fully saturated rings. The van der Waals surface area contributed by atoms with Crippen LogP contribution in [0.15, 0.2) is 0 Å². The third-order valence-electron chi connectivity index (χ3n) is 7.24. The molecule has 0 N–H and O–H groups in total. The maximum absolute atomic E-state index is 13.4. The first kappa shape index (κ1) is 40.5. The van der Waals surface area contributed by atoms with E-state index in [2.05, 4.69) is 0 Å². The first-order valence-electron chi connectivity index (χ1n) is 15.9. The van der Waals surface area contributed by atoms with Crippen LogP contribution in [0.4, 0.5) is 14.4 Å². The van der Waals surface area contributed by atoms with Gasteiger partial charge in [-0.15, -0.1) is 0 Å². The molecule has 3 aliphatic heterocycles. The van der Waals surface area contributed by atoms with Crippen LogP contribution in [-0.2, 0) is 42.6 Å². The van der Waals surface area contributed by atoms with Gasteiger partial charge in [-0.1, -0.05) is 0 Å². The number of nitrogens with zero attached hydrogens (tertiary/aromatic N) is 3. The van der Waals surface area contributed by atoms with Gasteiger partial charge in [0.05, 0.1) is 0 Å². The van der Waals surface area contributed by atoms with Crippen molar-refractivity contribution in [3.63, 3.8) is 0 Å². The Balaban J connectivity index is 0.00000768. The van der Waals surface area contributed by atoms with Gasteiger partial charge in [0, 0.05) is 19.6 Å². The molecular weight excluding hydrogens is 628 g/mol. The van der Waals surface area contributed by atoms with Gasteiger partial charge in [0.1, 0.15) is 34.9 Å². The number of rotatable bonds is 6. The summed E-state index contributed by atoms with van der Waals surface area (Å²) in [6, 6.07) is -3.22. The molecule has 0 bridgehead atoms. The third kappa shape index (κ3) is 12.0. The Labute approximate surface area is 299 Å². The van der Waals surface area contributed by atoms with Gasteiger partial charge in [0.2, 0.25) is 0 Å². The van der Waals surface area contributed by atoms with Crippen LogP contribution in [0.2, 0.25) is 0 Å². The Morgan fingerprint density at radius 3 is 0.936 bits per heavy atom. The normalized spacial score (nSPS) is 21.6. The van der Waals surface area contributed by atoms with Crippen molar-refractivity contribution in [2.75, 3.05) is 19.6 Å². The second kappa shape index (κ2) is 16.1. The minimum Gasteiger partial charge on any atom is -0.624 e. The molecule has 0 unspecified atom stereocenters. The molecule has 0 aromatic carbocycles. The van der Waals surface area contributed by atoms with E-state index in [0.717, 1.165) is 0 Å². The number of hydrogen-bond donors (Lipinski definition) is 0. The Hall–Kier alpha value is -2.72. The summed E-state index contributed by atoms with van der Waals surface area (Å²) in [5.74, 6) is -2.85. The van der Waals surface area contributed by atoms with Crippen LogP contribution < -0.4 is 29.6 Å². The average Bonchev–Trinajstić information content (AvgIpc) is 3.66. The van der Waals surface area contributed by atoms with Crippen LogP contribution in [-0.4, -0.2) is 113 Å². The molecule has 17 heteroatoms. The molecule has 0 spiro atoms. The number of amides is 3. The fourth-order valence-corrected chi connectivity index (χ4v) is 5.38. The van der Waals surface area contributed by atoms with E-state index in [1.54, 1.807) is 62.3 Å². The molecule has 47 heavy (non-hydrogen) atoms. The summed E-state index contributed by atoms with van der Waals surface area (Å²) in [6.45, 7) is 15.9. The van der Waals surface area contributed by atoms with Crippen molar-refractivity contribution in [2.45, 2.75) is 136 Å². The molecule has 3 atom stereocenters. The molecule has 3 amide bonds. The van der Waals surface area contributed by atoms with Crippen molar-refractivity contribution in [3.8, 4) is 0 Å². The van der Waals surface area contributed by atoms with Crippen LogP contribution >= 0.6 is 0 Å². The maximum atomic E-state index is 13.4. The van der Waals surface area contributed by atoms with Crippen LogP contribution in [0.5, 0.6) is 0 Å². The zero-order chi connectivity index (χ0) is 34.6. The molecule has 0 aromatic rings. The average molecular weight is 678 g/mol. The van der Waals surface area contributed by atoms with Crippen molar-refractivity contribution in [2.24, 2.45) is 0 Å². The molecule has 0 aromatic heterocycles. The SMILES string of the molecule is CC(C)(C)OC(=O)N1CCC[C@H]1C(=O)O[BH-](OC(=O)[C@@H]1CCCN1C(=O)OC(C)(C)C)OC(=O)[C@@H]1CCCN1C(=O)OC(C)(C)C.[Na+]. The smallest absolute Gasteiger partial charge is 0.624 e. The summed E-state index contributed by atoms with van der Waals surface area (Å²) in [4.78, 5) is 82.2. The van der Waals surface area contributed by atoms with Gasteiger partial charge >= 0.3 is 55.2 Å². The third-order valence-corrected chi connectivity index (χ3v) is 7.24. The Bertz CT molecular complexity index is 1040. The topological polar surface area (TPSA) is 168 Å². The van der Waals surface area contributed by atoms with Crippen LogP contribution in [0.1, 0.15) is 101 Å². The predicted molar refractivity (Wildman–Crippen MR) is 163 cm³/mol. The quantitative estimate of drug-likeness (QED) is 0.283. The Kier molecular flexibility index (Phi) is 13.9. The number of likely N-dealkylation sites (tertiary alicyclic amines) is 3. The van der Waals surface area contributed by atoms with Crippen molar-refractivity contribution >= 4 is 43.5 Å². The van der Waals surface area contributed by atoms with Gasteiger partial charge in [-0.05, 0) is 101 Å². The van der Waals surface area contributed by atoms with Gasteiger partial charge in [-0.3, -0.25) is 29.1 Å². The fourth-order valence-electron chi connectivity index (χ4n) is 5.38. The second-order valence-electron chi connectivity index (χ2n) is 14.7. The summed E-state index contributed by atoms with van der Waals surface area (Å²) in [5, 5.41) is 0. The second-order valence-corrected chi connectivity index (χ2v) is 14.7. The van der Waals surface area contributed by atoms with Gasteiger partial charge in [-0.2, -0.15) is 0 Å². The zero-order valence-electron chi connectivity index (χ0n) is 29.5.